The minimum atomic E-state index is -0.685. The number of hydrogen-bond donors (Lipinski definition) is 1. The first-order chi connectivity index (χ1) is 19.8. The molecule has 0 bridgehead atoms. The lowest BCUT2D eigenvalue weighted by Crippen LogP contribution is -2.46. The molecule has 2 amide bonds. The maximum absolute atomic E-state index is 14.2. The predicted octanol–water partition coefficient (Wildman–Crippen LogP) is 4.05. The molecule has 1 N–H and O–H groups in total. The summed E-state index contributed by atoms with van der Waals surface area (Å²) in [7, 11) is 0. The normalized spacial score (nSPS) is 15.1. The fourth-order valence-corrected chi connectivity index (χ4v) is 5.43. The van der Waals surface area contributed by atoms with E-state index in [2.05, 4.69) is 20.5 Å². The largest absolute Gasteiger partial charge is 0.350 e. The van der Waals surface area contributed by atoms with Crippen LogP contribution in [0.15, 0.2) is 61.1 Å². The number of carbonyl (C=O) groups excluding carboxylic acids is 3. The Bertz CT molecular complexity index is 1830. The van der Waals surface area contributed by atoms with Crippen LogP contribution in [-0.2, 0) is 22.7 Å². The second-order valence-corrected chi connectivity index (χ2v) is 10.4. The van der Waals surface area contributed by atoms with Crippen molar-refractivity contribution in [3.63, 3.8) is 0 Å². The second kappa shape index (κ2) is 10.7. The van der Waals surface area contributed by atoms with Gasteiger partial charge in [-0.05, 0) is 36.6 Å². The lowest BCUT2D eigenvalue weighted by atomic mass is 10.0. The van der Waals surface area contributed by atoms with Crippen molar-refractivity contribution in [1.82, 2.24) is 34.6 Å². The van der Waals surface area contributed by atoms with Gasteiger partial charge in [0.25, 0.3) is 0 Å². The Morgan fingerprint density at radius 2 is 2.00 bits per heavy atom. The number of ketones is 1. The van der Waals surface area contributed by atoms with Crippen LogP contribution < -0.4 is 5.32 Å². The quantitative estimate of drug-likeness (QED) is 0.294. The van der Waals surface area contributed by atoms with Gasteiger partial charge < -0.3 is 10.2 Å². The second-order valence-electron chi connectivity index (χ2n) is 9.95. The Labute approximate surface area is 238 Å². The molecule has 1 atom stereocenters. The van der Waals surface area contributed by atoms with Gasteiger partial charge >= 0.3 is 0 Å². The number of rotatable bonds is 7. The molecule has 0 unspecified atom stereocenters. The Hall–Kier alpha value is -4.64. The van der Waals surface area contributed by atoms with E-state index in [4.69, 9.17) is 11.6 Å². The van der Waals surface area contributed by atoms with Crippen molar-refractivity contribution in [1.29, 1.82) is 0 Å². The number of amides is 2. The van der Waals surface area contributed by atoms with E-state index in [1.165, 1.54) is 22.6 Å². The Morgan fingerprint density at radius 1 is 1.15 bits per heavy atom. The van der Waals surface area contributed by atoms with Crippen molar-refractivity contribution in [2.45, 2.75) is 38.9 Å². The molecular weight excluding hydrogens is 549 g/mol. The topological polar surface area (TPSA) is 114 Å². The molecule has 0 radical (unpaired) electrons. The number of halogens is 2. The van der Waals surface area contributed by atoms with E-state index in [0.717, 1.165) is 16.8 Å². The smallest absolute Gasteiger partial charge is 0.245 e. The van der Waals surface area contributed by atoms with Crippen LogP contribution in [0.1, 0.15) is 35.8 Å². The van der Waals surface area contributed by atoms with Crippen molar-refractivity contribution in [2.24, 2.45) is 0 Å². The van der Waals surface area contributed by atoms with Gasteiger partial charge in [-0.25, -0.2) is 13.9 Å². The maximum Gasteiger partial charge on any atom is 0.245 e. The van der Waals surface area contributed by atoms with Crippen LogP contribution in [0.2, 0.25) is 5.02 Å². The SMILES string of the molecule is CC(=O)c1nn(CC(=O)N2CCC[C@H]2C(=O)NCc2cccc(Cl)c2F)c2ccc(-c3cnc4ccnn4c3)cc12. The fourth-order valence-electron chi connectivity index (χ4n) is 5.24. The van der Waals surface area contributed by atoms with Crippen LogP contribution in [0.25, 0.3) is 27.7 Å². The molecule has 1 aliphatic heterocycles. The molecule has 2 aromatic carbocycles. The van der Waals surface area contributed by atoms with Crippen LogP contribution in [0.3, 0.4) is 0 Å². The zero-order chi connectivity index (χ0) is 28.7. The van der Waals surface area contributed by atoms with Crippen molar-refractivity contribution < 1.29 is 18.8 Å². The summed E-state index contributed by atoms with van der Waals surface area (Å²) in [6.07, 6.45) is 6.40. The third-order valence-corrected chi connectivity index (χ3v) is 7.60. The van der Waals surface area contributed by atoms with Gasteiger partial charge in [0.2, 0.25) is 11.8 Å². The van der Waals surface area contributed by atoms with Gasteiger partial charge in [-0.2, -0.15) is 10.2 Å². The van der Waals surface area contributed by atoms with Crippen molar-refractivity contribution >= 4 is 45.7 Å². The number of carbonyl (C=O) groups is 3. The van der Waals surface area contributed by atoms with E-state index in [9.17, 15) is 18.8 Å². The number of hydrogen-bond acceptors (Lipinski definition) is 6. The van der Waals surface area contributed by atoms with Crippen molar-refractivity contribution in [3.05, 3.63) is 83.2 Å². The average Bonchev–Trinajstić information content (AvgIpc) is 3.72. The molecule has 4 heterocycles. The van der Waals surface area contributed by atoms with Crippen molar-refractivity contribution in [3.8, 4) is 11.1 Å². The Balaban J connectivity index is 1.22. The highest BCUT2D eigenvalue weighted by Gasteiger charge is 2.34. The summed E-state index contributed by atoms with van der Waals surface area (Å²) in [5.41, 5.74) is 3.49. The minimum absolute atomic E-state index is 0.0198. The zero-order valence-electron chi connectivity index (χ0n) is 22.1. The van der Waals surface area contributed by atoms with E-state index in [-0.39, 0.29) is 47.0 Å². The summed E-state index contributed by atoms with van der Waals surface area (Å²) in [4.78, 5) is 44.8. The molecule has 3 aromatic heterocycles. The van der Waals surface area contributed by atoms with Gasteiger partial charge in [-0.15, -0.1) is 0 Å². The van der Waals surface area contributed by atoms with Gasteiger partial charge in [0.05, 0.1) is 16.7 Å². The van der Waals surface area contributed by atoms with Crippen LogP contribution in [-0.4, -0.2) is 59.5 Å². The molecule has 6 rings (SSSR count). The van der Waals surface area contributed by atoms with Gasteiger partial charge in [-0.3, -0.25) is 19.1 Å². The predicted molar refractivity (Wildman–Crippen MR) is 150 cm³/mol. The number of benzene rings is 2. The summed E-state index contributed by atoms with van der Waals surface area (Å²) >= 11 is 5.84. The number of fused-ring (bicyclic) bond motifs is 2. The summed E-state index contributed by atoms with van der Waals surface area (Å²) in [5, 5.41) is 12.0. The molecule has 0 spiro atoms. The van der Waals surface area contributed by atoms with E-state index < -0.39 is 11.9 Å². The van der Waals surface area contributed by atoms with Gasteiger partial charge in [0, 0.05) is 55.0 Å². The summed E-state index contributed by atoms with van der Waals surface area (Å²) in [5.74, 6) is -1.47. The molecule has 0 saturated carbocycles. The number of nitrogens with one attached hydrogen (secondary N) is 1. The Kier molecular flexibility index (Phi) is 6.96. The minimum Gasteiger partial charge on any atom is -0.350 e. The highest BCUT2D eigenvalue weighted by Crippen LogP contribution is 2.28. The first-order valence-corrected chi connectivity index (χ1v) is 13.5. The highest BCUT2D eigenvalue weighted by atomic mass is 35.5. The molecule has 1 saturated heterocycles. The average molecular weight is 574 g/mol. The number of aromatic nitrogens is 5. The van der Waals surface area contributed by atoms with Gasteiger partial charge in [0.1, 0.15) is 24.1 Å². The number of likely N-dealkylation sites (tertiary alicyclic amines) is 1. The standard InChI is InChI=1S/C29H25ClFN7O3/c1-17(39)28-21-12-18(20-14-32-25-9-10-34-38(25)15-20)7-8-23(21)37(35-28)16-26(40)36-11-3-6-24(36)29(41)33-13-19-4-2-5-22(30)27(19)31/h2,4-5,7-10,12,14-15,24H,3,6,11,13,16H2,1H3,(H,33,41)/t24-/m0/s1. The first kappa shape index (κ1) is 26.6. The molecule has 12 heteroatoms. The molecule has 41 heavy (non-hydrogen) atoms. The summed E-state index contributed by atoms with van der Waals surface area (Å²) in [6.45, 7) is 1.66. The molecule has 1 fully saturated rings. The van der Waals surface area contributed by atoms with E-state index in [1.54, 1.807) is 35.1 Å². The van der Waals surface area contributed by atoms with Crippen LogP contribution in [0.5, 0.6) is 0 Å². The fraction of sp³-hybridized carbons (Fsp3) is 0.241. The molecule has 10 nitrogen and oxygen atoms in total. The lowest BCUT2D eigenvalue weighted by molar-refractivity contribution is -0.139. The lowest BCUT2D eigenvalue weighted by Gasteiger charge is -2.24. The molecular formula is C29H25ClFN7O3. The van der Waals surface area contributed by atoms with Gasteiger partial charge in [-0.1, -0.05) is 29.8 Å². The first-order valence-electron chi connectivity index (χ1n) is 13.1. The summed E-state index contributed by atoms with van der Waals surface area (Å²) in [6, 6.07) is 11.3. The monoisotopic (exact) mass is 573 g/mol. The van der Waals surface area contributed by atoms with Crippen LogP contribution in [0, 0.1) is 5.82 Å². The number of Topliss-reactive ketones (excluding diaryl/α,β-unsaturated/α-hetero) is 1. The molecule has 208 valence electrons. The maximum atomic E-state index is 14.2. The van der Waals surface area contributed by atoms with E-state index in [1.807, 2.05) is 24.4 Å². The van der Waals surface area contributed by atoms with Gasteiger partial charge in [0.15, 0.2) is 11.4 Å². The highest BCUT2D eigenvalue weighted by molar-refractivity contribution is 6.30. The van der Waals surface area contributed by atoms with Crippen LogP contribution >= 0.6 is 11.6 Å². The van der Waals surface area contributed by atoms with Crippen molar-refractivity contribution in [2.75, 3.05) is 6.54 Å². The van der Waals surface area contributed by atoms with Crippen LogP contribution in [0.4, 0.5) is 4.39 Å². The molecule has 5 aromatic rings. The zero-order valence-corrected chi connectivity index (χ0v) is 22.8. The summed E-state index contributed by atoms with van der Waals surface area (Å²) < 4.78 is 17.4. The van der Waals surface area contributed by atoms with E-state index >= 15 is 0 Å². The molecule has 0 aliphatic carbocycles. The Morgan fingerprint density at radius 3 is 2.83 bits per heavy atom. The third kappa shape index (κ3) is 5.04. The third-order valence-electron chi connectivity index (χ3n) is 7.31. The van der Waals surface area contributed by atoms with E-state index in [0.29, 0.717) is 30.3 Å². The number of nitrogens with zero attached hydrogens (tertiary/aromatic N) is 6. The molecule has 1 aliphatic rings.